The van der Waals surface area contributed by atoms with Crippen LogP contribution in [0.5, 0.6) is 0 Å². The van der Waals surface area contributed by atoms with Crippen molar-refractivity contribution >= 4 is 23.2 Å². The number of carbonyl (C=O) groups excluding carboxylic acids is 2. The standard InChI is InChI=1S/C16H19N3O3S/c1-12-4-3-5-13(10-12)15(21)18-16-19(7-9-23-16)11-14(20)17-6-8-22-2/h3-5,7,9-10H,6,8,11H2,1-2H3,(H,17,20). The minimum absolute atomic E-state index is 0.118. The maximum absolute atomic E-state index is 12.2. The van der Waals surface area contributed by atoms with Crippen LogP contribution in [0.3, 0.4) is 0 Å². The van der Waals surface area contributed by atoms with Crippen LogP contribution in [0, 0.1) is 6.92 Å². The second kappa shape index (κ2) is 8.40. The fourth-order valence-corrected chi connectivity index (χ4v) is 2.67. The zero-order valence-electron chi connectivity index (χ0n) is 13.1. The highest BCUT2D eigenvalue weighted by molar-refractivity contribution is 7.07. The van der Waals surface area contributed by atoms with Crippen LogP contribution in [0.1, 0.15) is 15.9 Å². The molecule has 0 radical (unpaired) electrons. The molecule has 2 amide bonds. The summed E-state index contributed by atoms with van der Waals surface area (Å²) in [5.74, 6) is -0.463. The van der Waals surface area contributed by atoms with Crippen molar-refractivity contribution in [2.75, 3.05) is 20.3 Å². The molecule has 0 unspecified atom stereocenters. The molecule has 0 aliphatic heterocycles. The Balaban J connectivity index is 2.10. The van der Waals surface area contributed by atoms with Crippen LogP contribution in [0.25, 0.3) is 0 Å². The molecule has 0 fully saturated rings. The Bertz CT molecular complexity index is 749. The van der Waals surface area contributed by atoms with E-state index in [1.807, 2.05) is 19.1 Å². The molecule has 6 nitrogen and oxygen atoms in total. The number of ether oxygens (including phenoxy) is 1. The number of amides is 2. The minimum atomic E-state index is -0.315. The van der Waals surface area contributed by atoms with Crippen molar-refractivity contribution in [1.82, 2.24) is 9.88 Å². The summed E-state index contributed by atoms with van der Waals surface area (Å²) in [5, 5.41) is 4.53. The topological polar surface area (TPSA) is 72.7 Å². The van der Waals surface area contributed by atoms with Gasteiger partial charge in [0.25, 0.3) is 5.91 Å². The van der Waals surface area contributed by atoms with Crippen molar-refractivity contribution in [3.05, 3.63) is 51.8 Å². The first kappa shape index (κ1) is 17.1. The van der Waals surface area contributed by atoms with Crippen molar-refractivity contribution in [3.63, 3.8) is 0 Å². The Morgan fingerprint density at radius 1 is 1.39 bits per heavy atom. The lowest BCUT2D eigenvalue weighted by Gasteiger charge is -2.05. The molecule has 0 atom stereocenters. The molecule has 1 aromatic heterocycles. The average molecular weight is 333 g/mol. The largest absolute Gasteiger partial charge is 0.383 e. The molecular weight excluding hydrogens is 314 g/mol. The van der Waals surface area contributed by atoms with Crippen LogP contribution < -0.4 is 10.1 Å². The molecule has 0 aliphatic carbocycles. The number of benzene rings is 1. The van der Waals surface area contributed by atoms with E-state index in [9.17, 15) is 9.59 Å². The summed E-state index contributed by atoms with van der Waals surface area (Å²) in [4.78, 5) is 28.7. The number of carbonyl (C=O) groups is 2. The minimum Gasteiger partial charge on any atom is -0.383 e. The lowest BCUT2D eigenvalue weighted by molar-refractivity contribution is -0.121. The molecule has 2 aromatic rings. The Kier molecular flexibility index (Phi) is 6.25. The van der Waals surface area contributed by atoms with Gasteiger partial charge in [0.1, 0.15) is 6.54 Å². The molecule has 23 heavy (non-hydrogen) atoms. The van der Waals surface area contributed by atoms with Gasteiger partial charge in [-0.15, -0.1) is 11.3 Å². The van der Waals surface area contributed by atoms with Crippen molar-refractivity contribution in [1.29, 1.82) is 0 Å². The molecule has 122 valence electrons. The Labute approximate surface area is 138 Å². The molecule has 2 rings (SSSR count). The lowest BCUT2D eigenvalue weighted by atomic mass is 10.1. The van der Waals surface area contributed by atoms with Gasteiger partial charge in [-0.3, -0.25) is 9.59 Å². The van der Waals surface area contributed by atoms with Crippen LogP contribution in [-0.4, -0.2) is 36.6 Å². The maximum Gasteiger partial charge on any atom is 0.279 e. The van der Waals surface area contributed by atoms with Crippen LogP contribution in [0.2, 0.25) is 0 Å². The van der Waals surface area contributed by atoms with E-state index in [2.05, 4.69) is 10.3 Å². The Morgan fingerprint density at radius 2 is 2.22 bits per heavy atom. The first-order valence-corrected chi connectivity index (χ1v) is 8.03. The molecule has 0 bridgehead atoms. The van der Waals surface area contributed by atoms with Crippen molar-refractivity contribution < 1.29 is 14.3 Å². The van der Waals surface area contributed by atoms with E-state index in [4.69, 9.17) is 4.74 Å². The summed E-state index contributed by atoms with van der Waals surface area (Å²) in [5.41, 5.74) is 1.54. The summed E-state index contributed by atoms with van der Waals surface area (Å²) in [6.45, 7) is 2.96. The van der Waals surface area contributed by atoms with Gasteiger partial charge in [0.2, 0.25) is 5.91 Å². The van der Waals surface area contributed by atoms with Crippen molar-refractivity contribution in [2.24, 2.45) is 4.99 Å². The van der Waals surface area contributed by atoms with Crippen LogP contribution in [-0.2, 0) is 16.1 Å². The number of hydrogen-bond acceptors (Lipinski definition) is 4. The zero-order chi connectivity index (χ0) is 16.7. The zero-order valence-corrected chi connectivity index (χ0v) is 13.9. The van der Waals surface area contributed by atoms with E-state index in [-0.39, 0.29) is 18.4 Å². The number of nitrogens with one attached hydrogen (secondary N) is 1. The summed E-state index contributed by atoms with van der Waals surface area (Å²) in [6.07, 6.45) is 1.74. The van der Waals surface area contributed by atoms with Crippen LogP contribution in [0.15, 0.2) is 40.8 Å². The smallest absolute Gasteiger partial charge is 0.279 e. The number of hydrogen-bond donors (Lipinski definition) is 1. The van der Waals surface area contributed by atoms with E-state index in [0.29, 0.717) is 23.5 Å². The van der Waals surface area contributed by atoms with Crippen molar-refractivity contribution in [2.45, 2.75) is 13.5 Å². The van der Waals surface area contributed by atoms with Gasteiger partial charge in [0.15, 0.2) is 4.80 Å². The number of aromatic nitrogens is 1. The highest BCUT2D eigenvalue weighted by atomic mass is 32.1. The van der Waals surface area contributed by atoms with E-state index in [0.717, 1.165) is 5.56 Å². The number of aryl methyl sites for hydroxylation is 1. The first-order valence-electron chi connectivity index (χ1n) is 7.15. The molecule has 0 spiro atoms. The van der Waals surface area contributed by atoms with Crippen LogP contribution in [0.4, 0.5) is 0 Å². The van der Waals surface area contributed by atoms with Crippen molar-refractivity contribution in [3.8, 4) is 0 Å². The molecule has 1 heterocycles. The van der Waals surface area contributed by atoms with Gasteiger partial charge in [0.05, 0.1) is 6.61 Å². The molecule has 0 aliphatic rings. The SMILES string of the molecule is COCCNC(=O)Cn1ccsc1=NC(=O)c1cccc(C)c1. The highest BCUT2D eigenvalue weighted by Gasteiger charge is 2.07. The molecule has 1 N–H and O–H groups in total. The Morgan fingerprint density at radius 3 is 2.96 bits per heavy atom. The number of thiazole rings is 1. The predicted octanol–water partition coefficient (Wildman–Crippen LogP) is 1.36. The highest BCUT2D eigenvalue weighted by Crippen LogP contribution is 2.05. The third-order valence-corrected chi connectivity index (χ3v) is 3.86. The van der Waals surface area contributed by atoms with Gasteiger partial charge in [-0.1, -0.05) is 17.7 Å². The van der Waals surface area contributed by atoms with Gasteiger partial charge in [-0.05, 0) is 19.1 Å². The Hall–Kier alpha value is -2.25. The van der Waals surface area contributed by atoms with E-state index < -0.39 is 0 Å². The van der Waals surface area contributed by atoms with E-state index >= 15 is 0 Å². The van der Waals surface area contributed by atoms with E-state index in [1.54, 1.807) is 35.4 Å². The predicted molar refractivity (Wildman–Crippen MR) is 88.3 cm³/mol. The first-order chi connectivity index (χ1) is 11.1. The lowest BCUT2D eigenvalue weighted by Crippen LogP contribution is -2.32. The molecule has 0 saturated carbocycles. The van der Waals surface area contributed by atoms with Gasteiger partial charge in [0, 0.05) is 30.8 Å². The molecule has 7 heteroatoms. The van der Waals surface area contributed by atoms with Crippen LogP contribution >= 0.6 is 11.3 Å². The molecular formula is C16H19N3O3S. The number of methoxy groups -OCH3 is 1. The van der Waals surface area contributed by atoms with Gasteiger partial charge in [-0.2, -0.15) is 4.99 Å². The second-order valence-corrected chi connectivity index (χ2v) is 5.82. The normalized spacial score (nSPS) is 11.5. The summed E-state index contributed by atoms with van der Waals surface area (Å²) < 4.78 is 6.53. The van der Waals surface area contributed by atoms with E-state index in [1.165, 1.54) is 11.3 Å². The second-order valence-electron chi connectivity index (χ2n) is 4.94. The average Bonchev–Trinajstić information content (AvgIpc) is 2.94. The third kappa shape index (κ3) is 5.15. The van der Waals surface area contributed by atoms with Gasteiger partial charge >= 0.3 is 0 Å². The van der Waals surface area contributed by atoms with Gasteiger partial charge < -0.3 is 14.6 Å². The monoisotopic (exact) mass is 333 g/mol. The third-order valence-electron chi connectivity index (χ3n) is 3.06. The number of rotatable bonds is 6. The summed E-state index contributed by atoms with van der Waals surface area (Å²) >= 11 is 1.32. The number of nitrogens with zero attached hydrogens (tertiary/aromatic N) is 2. The fourth-order valence-electron chi connectivity index (χ4n) is 1.94. The molecule has 1 aromatic carbocycles. The maximum atomic E-state index is 12.2. The summed E-state index contributed by atoms with van der Waals surface area (Å²) in [7, 11) is 1.58. The summed E-state index contributed by atoms with van der Waals surface area (Å²) in [6, 6.07) is 7.27. The quantitative estimate of drug-likeness (QED) is 0.811. The molecule has 0 saturated heterocycles. The fraction of sp³-hybridized carbons (Fsp3) is 0.312. The van der Waals surface area contributed by atoms with Gasteiger partial charge in [-0.25, -0.2) is 0 Å².